The Morgan fingerprint density at radius 3 is 2.16 bits per heavy atom. The van der Waals surface area contributed by atoms with Gasteiger partial charge < -0.3 is 4.90 Å². The smallest absolute Gasteiger partial charge is 0.0522 e. The molecule has 62 heavy (non-hydrogen) atoms. The summed E-state index contributed by atoms with van der Waals surface area (Å²) in [7, 11) is 0. The van der Waals surface area contributed by atoms with Crippen LogP contribution in [0.3, 0.4) is 0 Å². The van der Waals surface area contributed by atoms with Gasteiger partial charge in [-0.3, -0.25) is 0 Å². The van der Waals surface area contributed by atoms with Gasteiger partial charge in [-0.1, -0.05) is 182 Å². The van der Waals surface area contributed by atoms with E-state index in [0.717, 1.165) is 32.1 Å². The first-order chi connectivity index (χ1) is 30.7. The van der Waals surface area contributed by atoms with Gasteiger partial charge in [-0.2, -0.15) is 0 Å². The van der Waals surface area contributed by atoms with Crippen molar-refractivity contribution in [3.63, 3.8) is 0 Å². The lowest BCUT2D eigenvalue weighted by atomic mass is 9.85. The van der Waals surface area contributed by atoms with Crippen molar-refractivity contribution in [3.05, 3.63) is 227 Å². The van der Waals surface area contributed by atoms with Crippen LogP contribution in [0.2, 0.25) is 0 Å². The highest BCUT2D eigenvalue weighted by Crippen LogP contribution is 2.48. The van der Waals surface area contributed by atoms with Crippen molar-refractivity contribution in [1.29, 1.82) is 0 Å². The van der Waals surface area contributed by atoms with Crippen molar-refractivity contribution < 1.29 is 0 Å². The molecule has 3 aliphatic rings. The van der Waals surface area contributed by atoms with Crippen LogP contribution in [0.25, 0.3) is 66.0 Å². The first-order valence-corrected chi connectivity index (χ1v) is 23.2. The SMILES string of the molecule is C1=Cc2ccc3cc(N(c4ccc5ccccc5c4)C4C=CC(c5cccc(-c6cccc7c8c(sc67)C(c6ccc(-c7ccccc7)cc6)CC=C8)c5)CC4)ccc3c2CC1. The van der Waals surface area contributed by atoms with Crippen molar-refractivity contribution in [2.45, 2.75) is 50.0 Å². The summed E-state index contributed by atoms with van der Waals surface area (Å²) >= 11 is 2.00. The lowest BCUT2D eigenvalue weighted by Gasteiger charge is -2.36. The Bertz CT molecular complexity index is 3240. The Morgan fingerprint density at radius 2 is 1.29 bits per heavy atom. The summed E-state index contributed by atoms with van der Waals surface area (Å²) in [6.07, 6.45) is 19.7. The Labute approximate surface area is 368 Å². The minimum Gasteiger partial charge on any atom is -0.334 e. The van der Waals surface area contributed by atoms with Crippen molar-refractivity contribution in [1.82, 2.24) is 0 Å². The fourth-order valence-electron chi connectivity index (χ4n) is 10.6. The first kappa shape index (κ1) is 37.1. The Kier molecular flexibility index (Phi) is 9.34. The highest BCUT2D eigenvalue weighted by Gasteiger charge is 2.27. The van der Waals surface area contributed by atoms with Crippen LogP contribution >= 0.6 is 11.3 Å². The lowest BCUT2D eigenvalue weighted by Crippen LogP contribution is -2.31. The number of rotatable bonds is 7. The molecule has 298 valence electrons. The zero-order chi connectivity index (χ0) is 41.0. The summed E-state index contributed by atoms with van der Waals surface area (Å²) in [5, 5.41) is 6.63. The van der Waals surface area contributed by atoms with Crippen LogP contribution in [0.1, 0.15) is 70.2 Å². The van der Waals surface area contributed by atoms with E-state index in [-0.39, 0.29) is 6.04 Å². The number of aryl methyl sites for hydroxylation is 1. The van der Waals surface area contributed by atoms with Crippen molar-refractivity contribution in [3.8, 4) is 22.3 Å². The molecule has 0 aliphatic heterocycles. The summed E-state index contributed by atoms with van der Waals surface area (Å²) in [6, 6.07) is 64.1. The molecule has 3 unspecified atom stereocenters. The first-order valence-electron chi connectivity index (χ1n) is 22.4. The lowest BCUT2D eigenvalue weighted by molar-refractivity contribution is 0.586. The molecule has 3 aliphatic carbocycles. The van der Waals surface area contributed by atoms with E-state index in [1.807, 2.05) is 11.3 Å². The average Bonchev–Trinajstić information content (AvgIpc) is 3.74. The highest BCUT2D eigenvalue weighted by molar-refractivity contribution is 7.20. The number of benzene rings is 8. The van der Waals surface area contributed by atoms with Gasteiger partial charge in [0, 0.05) is 38.2 Å². The normalized spacial score (nSPS) is 18.0. The molecule has 0 fully saturated rings. The zero-order valence-corrected chi connectivity index (χ0v) is 35.6. The summed E-state index contributed by atoms with van der Waals surface area (Å²) in [5.41, 5.74) is 14.7. The van der Waals surface area contributed by atoms with Gasteiger partial charge in [-0.05, 0) is 128 Å². The van der Waals surface area contributed by atoms with Gasteiger partial charge in [0.15, 0.2) is 0 Å². The predicted octanol–water partition coefficient (Wildman–Crippen LogP) is 16.7. The number of hydrogen-bond acceptors (Lipinski definition) is 2. The van der Waals surface area contributed by atoms with Crippen LogP contribution in [0.5, 0.6) is 0 Å². The van der Waals surface area contributed by atoms with Gasteiger partial charge in [0.2, 0.25) is 0 Å². The van der Waals surface area contributed by atoms with E-state index in [9.17, 15) is 0 Å². The van der Waals surface area contributed by atoms with E-state index < -0.39 is 0 Å². The fourth-order valence-corrected chi connectivity index (χ4v) is 12.1. The highest BCUT2D eigenvalue weighted by atomic mass is 32.1. The fraction of sp³-hybridized carbons (Fsp3) is 0.133. The molecule has 9 aromatic rings. The van der Waals surface area contributed by atoms with Gasteiger partial charge in [0.05, 0.1) is 6.04 Å². The number of fused-ring (bicyclic) bond motifs is 7. The monoisotopic (exact) mass is 813 g/mol. The van der Waals surface area contributed by atoms with Crippen LogP contribution in [-0.2, 0) is 6.42 Å². The Balaban J connectivity index is 0.856. The molecular formula is C60H47NS. The quantitative estimate of drug-likeness (QED) is 0.145. The predicted molar refractivity (Wildman–Crippen MR) is 267 cm³/mol. The number of thiophene rings is 1. The van der Waals surface area contributed by atoms with Crippen LogP contribution in [-0.4, -0.2) is 6.04 Å². The largest absolute Gasteiger partial charge is 0.334 e. The standard InChI is InChI=1S/C60H47NS/c1-2-11-40(12-3-1)42-23-25-45(26-24-42)55-19-9-21-57-58-22-10-20-56(60(58)62-59(55)57)48-17-8-16-46(37-48)43-29-32-50(33-30-43)61(51-34-31-41-13-4-5-15-47(41)38-51)52-35-36-54-49(39-52)28-27-44-14-6-7-18-53(44)54/h1-6,8-17,20-29,31-32,34-39,43,50,55H,7,18-19,30,33H2. The van der Waals surface area contributed by atoms with Crippen molar-refractivity contribution in [2.75, 3.05) is 4.90 Å². The molecule has 0 amide bonds. The van der Waals surface area contributed by atoms with Crippen molar-refractivity contribution in [2.24, 2.45) is 0 Å². The average molecular weight is 814 g/mol. The molecule has 0 saturated heterocycles. The number of nitrogens with zero attached hydrogens (tertiary/aromatic N) is 1. The van der Waals surface area contributed by atoms with E-state index in [1.54, 1.807) is 0 Å². The summed E-state index contributed by atoms with van der Waals surface area (Å²) in [6.45, 7) is 0. The number of hydrogen-bond donors (Lipinski definition) is 0. The van der Waals surface area contributed by atoms with Gasteiger partial charge in [0.1, 0.15) is 0 Å². The van der Waals surface area contributed by atoms with Gasteiger partial charge in [-0.25, -0.2) is 0 Å². The Hall–Kier alpha value is -6.74. The maximum absolute atomic E-state index is 2.59. The molecule has 1 nitrogen and oxygen atoms in total. The second kappa shape index (κ2) is 15.6. The molecule has 2 heteroatoms. The minimum absolute atomic E-state index is 0.246. The van der Waals surface area contributed by atoms with Crippen LogP contribution in [0, 0.1) is 0 Å². The molecule has 0 spiro atoms. The molecule has 8 aromatic carbocycles. The third-order valence-electron chi connectivity index (χ3n) is 13.8. The van der Waals surface area contributed by atoms with Gasteiger partial charge >= 0.3 is 0 Å². The molecule has 0 saturated carbocycles. The second-order valence-corrected chi connectivity index (χ2v) is 18.4. The maximum Gasteiger partial charge on any atom is 0.0522 e. The molecule has 1 heterocycles. The molecule has 0 bridgehead atoms. The molecule has 12 rings (SSSR count). The van der Waals surface area contributed by atoms with E-state index in [0.29, 0.717) is 11.8 Å². The maximum atomic E-state index is 2.59. The summed E-state index contributed by atoms with van der Waals surface area (Å²) in [4.78, 5) is 4.08. The summed E-state index contributed by atoms with van der Waals surface area (Å²) in [5.74, 6) is 0.728. The minimum atomic E-state index is 0.246. The topological polar surface area (TPSA) is 3.24 Å². The molecular weight excluding hydrogens is 767 g/mol. The van der Waals surface area contributed by atoms with Crippen molar-refractivity contribution >= 4 is 66.5 Å². The number of anilines is 2. The van der Waals surface area contributed by atoms with E-state index in [1.165, 1.54) is 98.0 Å². The zero-order valence-electron chi connectivity index (χ0n) is 34.8. The second-order valence-electron chi connectivity index (χ2n) is 17.4. The van der Waals surface area contributed by atoms with Crippen LogP contribution in [0.15, 0.2) is 194 Å². The third kappa shape index (κ3) is 6.62. The third-order valence-corrected chi connectivity index (χ3v) is 15.1. The van der Waals surface area contributed by atoms with Crippen LogP contribution < -0.4 is 4.90 Å². The molecule has 1 aromatic heterocycles. The van der Waals surface area contributed by atoms with E-state index in [2.05, 4.69) is 211 Å². The van der Waals surface area contributed by atoms with Gasteiger partial charge in [-0.15, -0.1) is 11.3 Å². The van der Waals surface area contributed by atoms with Gasteiger partial charge in [0.25, 0.3) is 0 Å². The number of allylic oxidation sites excluding steroid dienone is 3. The molecule has 0 N–H and O–H groups in total. The van der Waals surface area contributed by atoms with Crippen LogP contribution in [0.4, 0.5) is 11.4 Å². The molecule has 3 atom stereocenters. The Morgan fingerprint density at radius 1 is 0.516 bits per heavy atom. The van der Waals surface area contributed by atoms with E-state index in [4.69, 9.17) is 0 Å². The molecule has 0 radical (unpaired) electrons. The summed E-state index contributed by atoms with van der Waals surface area (Å²) < 4.78 is 1.39. The van der Waals surface area contributed by atoms with E-state index >= 15 is 0 Å².